The molecule has 0 spiro atoms. The van der Waals surface area contributed by atoms with E-state index >= 15 is 0 Å². The van der Waals surface area contributed by atoms with Crippen molar-refractivity contribution < 1.29 is 25.8 Å². The summed E-state index contributed by atoms with van der Waals surface area (Å²) < 4.78 is 0. The van der Waals surface area contributed by atoms with Crippen molar-refractivity contribution in [3.63, 3.8) is 0 Å². The third kappa shape index (κ3) is 5.61. The van der Waals surface area contributed by atoms with E-state index in [4.69, 9.17) is 0 Å². The first-order valence-electron chi connectivity index (χ1n) is 12.0. The van der Waals surface area contributed by atoms with E-state index in [2.05, 4.69) is 122 Å². The summed E-state index contributed by atoms with van der Waals surface area (Å²) in [6.07, 6.45) is 4.52. The van der Waals surface area contributed by atoms with Crippen molar-refractivity contribution in [1.82, 2.24) is 0 Å². The smallest absolute Gasteiger partial charge is 0.358 e. The second-order valence-corrected chi connectivity index (χ2v) is 10.4. The van der Waals surface area contributed by atoms with Gasteiger partial charge in [-0.2, -0.15) is 12.5 Å². The van der Waals surface area contributed by atoms with Gasteiger partial charge in [-0.3, -0.25) is 0 Å². The Kier molecular flexibility index (Phi) is 9.92. The molecule has 0 bridgehead atoms. The zero-order valence-electron chi connectivity index (χ0n) is 21.7. The molecule has 0 N–H and O–H groups in total. The van der Waals surface area contributed by atoms with Crippen molar-refractivity contribution in [3.05, 3.63) is 147 Å². The van der Waals surface area contributed by atoms with Gasteiger partial charge in [0.05, 0.1) is 9.52 Å². The van der Waals surface area contributed by atoms with E-state index in [0.29, 0.717) is 15.4 Å². The Morgan fingerprint density at radius 1 is 0.730 bits per heavy atom. The summed E-state index contributed by atoms with van der Waals surface area (Å²) in [7, 11) is 0.669. The second-order valence-electron chi connectivity index (χ2n) is 9.01. The Hall–Kier alpha value is -2.68. The molecule has 5 aromatic rings. The zero-order chi connectivity index (χ0) is 22.9. The van der Waals surface area contributed by atoms with Gasteiger partial charge in [-0.1, -0.05) is 108 Å². The number of rotatable bonds is 6. The Morgan fingerprint density at radius 3 is 2.03 bits per heavy atom. The Morgan fingerprint density at radius 2 is 1.35 bits per heavy atom. The molecule has 180 valence electrons. The van der Waals surface area contributed by atoms with E-state index in [0.717, 1.165) is 12.8 Å². The molecule has 1 unspecified atom stereocenters. The van der Waals surface area contributed by atoms with Crippen LogP contribution in [0.1, 0.15) is 29.9 Å². The topological polar surface area (TPSA) is 0 Å². The van der Waals surface area contributed by atoms with Gasteiger partial charge >= 0.3 is 25.8 Å². The average Bonchev–Trinajstić information content (AvgIpc) is 3.46. The van der Waals surface area contributed by atoms with Crippen LogP contribution in [0.15, 0.2) is 114 Å². The predicted octanol–water partition coefficient (Wildman–Crippen LogP) is 8.87. The number of fused-ring (bicyclic) bond motifs is 2. The molecule has 0 nitrogen and oxygen atoms in total. The number of hydrogen-bond acceptors (Lipinski definition) is 0. The maximum atomic E-state index is 4.20. The van der Waals surface area contributed by atoms with E-state index in [1.165, 1.54) is 49.3 Å². The molecular formula is C35H32HfSi. The fourth-order valence-corrected chi connectivity index (χ4v) is 6.79. The van der Waals surface area contributed by atoms with E-state index in [1.54, 1.807) is 5.20 Å². The molecule has 2 heteroatoms. The SMILES string of the molecule is [CH2-]CCC1C([Si]c2cc3c(-c4ccccc4)cccc3[cH-]2)=Cc2c(-c3ccccc3)cccc21.[CH3-].[CH3-].[Hf+4]. The van der Waals surface area contributed by atoms with Crippen LogP contribution in [-0.2, 0) is 25.8 Å². The first-order valence-corrected chi connectivity index (χ1v) is 13.0. The molecule has 1 atom stereocenters. The van der Waals surface area contributed by atoms with Gasteiger partial charge in [0.15, 0.2) is 0 Å². The standard InChI is InChI=1S/C33H26Si.2CH3.Hf/c1-2-11-30-29-19-10-18-28(24-14-7-4-8-15-24)32(29)22-33(30)34-26-20-25-16-9-17-27(31(25)21-26)23-12-5-3-6-13-23;;;/h3-10,12-22,30H,1-2,11H2;2*1H3;/q-2;2*-1;+4. The maximum Gasteiger partial charge on any atom is 4.00 e. The second kappa shape index (κ2) is 12.7. The first kappa shape index (κ1) is 28.9. The molecule has 0 fully saturated rings. The molecule has 1 aliphatic carbocycles. The minimum Gasteiger partial charge on any atom is -0.358 e. The van der Waals surface area contributed by atoms with Crippen molar-refractivity contribution in [2.24, 2.45) is 0 Å². The quantitative estimate of drug-likeness (QED) is 0.126. The fraction of sp³-hybridized carbons (Fsp3) is 0.0857. The normalized spacial score (nSPS) is 13.6. The van der Waals surface area contributed by atoms with Gasteiger partial charge in [-0.15, -0.1) is 34.2 Å². The molecule has 0 heterocycles. The predicted molar refractivity (Wildman–Crippen MR) is 160 cm³/mol. The Bertz CT molecular complexity index is 1480. The average molecular weight is 659 g/mol. The molecule has 0 saturated carbocycles. The summed E-state index contributed by atoms with van der Waals surface area (Å²) >= 11 is 0. The zero-order valence-corrected chi connectivity index (χ0v) is 26.3. The third-order valence-electron chi connectivity index (χ3n) is 6.89. The van der Waals surface area contributed by atoms with E-state index in [9.17, 15) is 0 Å². The van der Waals surface area contributed by atoms with E-state index < -0.39 is 0 Å². The summed E-state index contributed by atoms with van der Waals surface area (Å²) in [5.41, 5.74) is 8.09. The van der Waals surface area contributed by atoms with Gasteiger partial charge in [-0.25, -0.2) is 0 Å². The Labute approximate surface area is 244 Å². The van der Waals surface area contributed by atoms with E-state index in [-0.39, 0.29) is 40.7 Å². The number of hydrogen-bond donors (Lipinski definition) is 0. The fourth-order valence-electron chi connectivity index (χ4n) is 5.32. The van der Waals surface area contributed by atoms with Crippen LogP contribution < -0.4 is 5.19 Å². The molecule has 0 amide bonds. The minimum atomic E-state index is 0. The van der Waals surface area contributed by atoms with Crippen LogP contribution in [0, 0.1) is 21.8 Å². The number of allylic oxidation sites excluding steroid dienone is 1. The van der Waals surface area contributed by atoms with Crippen molar-refractivity contribution in [1.29, 1.82) is 0 Å². The molecule has 5 aromatic carbocycles. The van der Waals surface area contributed by atoms with Crippen molar-refractivity contribution in [3.8, 4) is 22.3 Å². The van der Waals surface area contributed by atoms with Crippen LogP contribution in [0.4, 0.5) is 0 Å². The van der Waals surface area contributed by atoms with Crippen LogP contribution in [0.3, 0.4) is 0 Å². The molecule has 0 aromatic heterocycles. The summed E-state index contributed by atoms with van der Waals surface area (Å²) in [6.45, 7) is 4.20. The van der Waals surface area contributed by atoms with Crippen molar-refractivity contribution >= 4 is 31.6 Å². The van der Waals surface area contributed by atoms with Crippen LogP contribution in [0.2, 0.25) is 0 Å². The summed E-state index contributed by atoms with van der Waals surface area (Å²) in [6, 6.07) is 39.8. The molecular weight excluding hydrogens is 627 g/mol. The molecule has 37 heavy (non-hydrogen) atoms. The van der Waals surface area contributed by atoms with Gasteiger partial charge in [0.25, 0.3) is 0 Å². The van der Waals surface area contributed by atoms with E-state index in [1.807, 2.05) is 0 Å². The molecule has 0 saturated heterocycles. The molecule has 6 rings (SSSR count). The van der Waals surface area contributed by atoms with Crippen LogP contribution in [0.5, 0.6) is 0 Å². The maximum absolute atomic E-state index is 4.20. The van der Waals surface area contributed by atoms with Gasteiger partial charge in [-0.05, 0) is 33.7 Å². The third-order valence-corrected chi connectivity index (χ3v) is 8.25. The van der Waals surface area contributed by atoms with Crippen molar-refractivity contribution in [2.75, 3.05) is 0 Å². The molecule has 2 radical (unpaired) electrons. The van der Waals surface area contributed by atoms with Gasteiger partial charge in [0.2, 0.25) is 0 Å². The largest absolute Gasteiger partial charge is 4.00 e. The summed E-state index contributed by atoms with van der Waals surface area (Å²) in [4.78, 5) is 0. The first-order chi connectivity index (χ1) is 16.8. The Balaban J connectivity index is 0.00000127. The number of benzene rings is 4. The van der Waals surface area contributed by atoms with Crippen LogP contribution in [0.25, 0.3) is 39.1 Å². The van der Waals surface area contributed by atoms with Crippen LogP contribution in [-0.4, -0.2) is 9.52 Å². The summed E-state index contributed by atoms with van der Waals surface area (Å²) in [5, 5.41) is 5.65. The van der Waals surface area contributed by atoms with Crippen molar-refractivity contribution in [2.45, 2.75) is 18.8 Å². The minimum absolute atomic E-state index is 0. The van der Waals surface area contributed by atoms with Gasteiger partial charge in [0.1, 0.15) is 0 Å². The van der Waals surface area contributed by atoms with Crippen LogP contribution >= 0.6 is 0 Å². The molecule has 1 aliphatic rings. The summed E-state index contributed by atoms with van der Waals surface area (Å²) in [5.74, 6) is 0.459. The molecule has 0 aliphatic heterocycles. The van der Waals surface area contributed by atoms with Gasteiger partial charge in [0, 0.05) is 0 Å². The monoisotopic (exact) mass is 660 g/mol. The van der Waals surface area contributed by atoms with Gasteiger partial charge < -0.3 is 21.8 Å².